The lowest BCUT2D eigenvalue weighted by Crippen LogP contribution is -2.14. The molecule has 7 nitrogen and oxygen atoms in total. The number of methoxy groups -OCH3 is 3. The third-order valence-corrected chi connectivity index (χ3v) is 4.78. The van der Waals surface area contributed by atoms with Gasteiger partial charge in [-0.05, 0) is 42.5 Å². The van der Waals surface area contributed by atoms with Crippen molar-refractivity contribution in [1.29, 1.82) is 5.26 Å². The van der Waals surface area contributed by atoms with Crippen molar-refractivity contribution >= 4 is 21.8 Å². The van der Waals surface area contributed by atoms with Gasteiger partial charge in [0.1, 0.15) is 23.3 Å². The first-order valence-corrected chi connectivity index (χ1v) is 8.93. The van der Waals surface area contributed by atoms with Crippen LogP contribution in [0.25, 0.3) is 6.08 Å². The van der Waals surface area contributed by atoms with Crippen LogP contribution in [-0.2, 0) is 10.0 Å². The largest absolute Gasteiger partial charge is 0.497 e. The second-order valence-corrected chi connectivity index (χ2v) is 6.68. The first-order chi connectivity index (χ1) is 12.4. The molecule has 0 aliphatic heterocycles. The number of rotatable bonds is 7. The predicted molar refractivity (Wildman–Crippen MR) is 98.7 cm³/mol. The average Bonchev–Trinajstić information content (AvgIpc) is 2.65. The molecule has 0 spiro atoms. The molecular weight excluding hydrogens is 356 g/mol. The van der Waals surface area contributed by atoms with Crippen LogP contribution < -0.4 is 18.9 Å². The van der Waals surface area contributed by atoms with Crippen molar-refractivity contribution < 1.29 is 22.6 Å². The zero-order valence-electron chi connectivity index (χ0n) is 14.5. The number of nitriles is 1. The Morgan fingerprint density at radius 3 is 2.04 bits per heavy atom. The van der Waals surface area contributed by atoms with Gasteiger partial charge in [0.15, 0.2) is 4.91 Å². The third kappa shape index (κ3) is 4.26. The minimum absolute atomic E-state index is 0.305. The van der Waals surface area contributed by atoms with Crippen LogP contribution in [0.5, 0.6) is 17.2 Å². The predicted octanol–water partition coefficient (Wildman–Crippen LogP) is 3.02. The molecule has 2 aromatic carbocycles. The fourth-order valence-electron chi connectivity index (χ4n) is 2.19. The van der Waals surface area contributed by atoms with Crippen LogP contribution in [0, 0.1) is 11.3 Å². The van der Waals surface area contributed by atoms with Gasteiger partial charge in [-0.2, -0.15) is 5.26 Å². The van der Waals surface area contributed by atoms with E-state index in [1.165, 1.54) is 39.5 Å². The Morgan fingerprint density at radius 1 is 1.00 bits per heavy atom. The number of hydrogen-bond donors (Lipinski definition) is 1. The summed E-state index contributed by atoms with van der Waals surface area (Å²) in [4.78, 5) is -0.476. The average molecular weight is 374 g/mol. The van der Waals surface area contributed by atoms with Crippen molar-refractivity contribution in [2.75, 3.05) is 26.1 Å². The summed E-state index contributed by atoms with van der Waals surface area (Å²) < 4.78 is 43.0. The number of hydrogen-bond acceptors (Lipinski definition) is 6. The standard InChI is InChI=1S/C18H18N2O5S/c1-23-14-9-7-13(8-10-14)20-26(21,22)15(12-19)11-16-17(24-2)5-4-6-18(16)25-3/h4-11,20H,1-3H3/b15-11+. The molecule has 0 aliphatic rings. The van der Waals surface area contributed by atoms with Gasteiger partial charge in [-0.3, -0.25) is 4.72 Å². The highest BCUT2D eigenvalue weighted by Crippen LogP contribution is 2.31. The minimum Gasteiger partial charge on any atom is -0.497 e. The smallest absolute Gasteiger partial charge is 0.272 e. The number of anilines is 1. The number of nitrogens with zero attached hydrogens (tertiary/aromatic N) is 1. The van der Waals surface area contributed by atoms with Gasteiger partial charge in [-0.25, -0.2) is 8.42 Å². The van der Waals surface area contributed by atoms with Gasteiger partial charge in [-0.15, -0.1) is 0 Å². The summed E-state index contributed by atoms with van der Waals surface area (Å²) in [5, 5.41) is 9.37. The Hall–Kier alpha value is -3.18. The van der Waals surface area contributed by atoms with Crippen LogP contribution in [0.15, 0.2) is 47.4 Å². The molecule has 26 heavy (non-hydrogen) atoms. The van der Waals surface area contributed by atoms with E-state index in [-0.39, 0.29) is 0 Å². The lowest BCUT2D eigenvalue weighted by molar-refractivity contribution is 0.392. The molecule has 0 aliphatic carbocycles. The lowest BCUT2D eigenvalue weighted by Gasteiger charge is -2.11. The second-order valence-electron chi connectivity index (χ2n) is 5.03. The van der Waals surface area contributed by atoms with Gasteiger partial charge in [0.05, 0.1) is 26.9 Å². The van der Waals surface area contributed by atoms with E-state index in [1.807, 2.05) is 0 Å². The summed E-state index contributed by atoms with van der Waals surface area (Å²) >= 11 is 0. The summed E-state index contributed by atoms with van der Waals surface area (Å²) in [5.41, 5.74) is 0.660. The van der Waals surface area contributed by atoms with E-state index in [1.54, 1.807) is 36.4 Å². The highest BCUT2D eigenvalue weighted by atomic mass is 32.2. The molecule has 1 N–H and O–H groups in total. The monoisotopic (exact) mass is 374 g/mol. The van der Waals surface area contributed by atoms with Gasteiger partial charge in [0.25, 0.3) is 10.0 Å². The van der Waals surface area contributed by atoms with E-state index in [0.717, 1.165) is 0 Å². The first-order valence-electron chi connectivity index (χ1n) is 7.45. The maximum Gasteiger partial charge on any atom is 0.272 e. The SMILES string of the molecule is COc1ccc(NS(=O)(=O)/C(C#N)=C/c2c(OC)cccc2OC)cc1. The maximum atomic E-state index is 12.6. The van der Waals surface area contributed by atoms with E-state index in [9.17, 15) is 13.7 Å². The molecular formula is C18H18N2O5S. The molecule has 8 heteroatoms. The number of sulfonamides is 1. The third-order valence-electron chi connectivity index (χ3n) is 3.48. The van der Waals surface area contributed by atoms with Crippen molar-refractivity contribution in [3.05, 3.63) is 52.9 Å². The highest BCUT2D eigenvalue weighted by molar-refractivity contribution is 7.96. The summed E-state index contributed by atoms with van der Waals surface area (Å²) in [6, 6.07) is 13.0. The molecule has 0 aromatic heterocycles. The van der Waals surface area contributed by atoms with Gasteiger partial charge >= 0.3 is 0 Å². The molecule has 0 amide bonds. The molecule has 2 aromatic rings. The van der Waals surface area contributed by atoms with E-state index in [0.29, 0.717) is 28.5 Å². The van der Waals surface area contributed by atoms with Gasteiger partial charge in [0.2, 0.25) is 0 Å². The lowest BCUT2D eigenvalue weighted by atomic mass is 10.1. The Morgan fingerprint density at radius 2 is 1.58 bits per heavy atom. The molecule has 0 fully saturated rings. The zero-order valence-corrected chi connectivity index (χ0v) is 15.3. The fraction of sp³-hybridized carbons (Fsp3) is 0.167. The Labute approximate surface area is 152 Å². The zero-order chi connectivity index (χ0) is 19.2. The molecule has 0 heterocycles. The molecule has 0 radical (unpaired) electrons. The molecule has 0 atom stereocenters. The molecule has 2 rings (SSSR count). The maximum absolute atomic E-state index is 12.6. The van der Waals surface area contributed by atoms with Crippen molar-refractivity contribution in [2.45, 2.75) is 0 Å². The quantitative estimate of drug-likeness (QED) is 0.748. The summed E-state index contributed by atoms with van der Waals surface area (Å²) in [6.45, 7) is 0. The highest BCUT2D eigenvalue weighted by Gasteiger charge is 2.20. The second kappa shape index (κ2) is 8.27. The number of benzene rings is 2. The molecule has 0 unspecified atom stereocenters. The normalized spacial score (nSPS) is 11.4. The van der Waals surface area contributed by atoms with Crippen molar-refractivity contribution in [3.8, 4) is 23.3 Å². The van der Waals surface area contributed by atoms with Crippen LogP contribution in [0.1, 0.15) is 5.56 Å². The Bertz CT molecular complexity index is 922. The summed E-state index contributed by atoms with van der Waals surface area (Å²) in [5.74, 6) is 1.36. The summed E-state index contributed by atoms with van der Waals surface area (Å²) in [7, 11) is 0.308. The number of allylic oxidation sites excluding steroid dienone is 1. The van der Waals surface area contributed by atoms with E-state index >= 15 is 0 Å². The number of ether oxygens (including phenoxy) is 3. The van der Waals surface area contributed by atoms with Crippen molar-refractivity contribution in [1.82, 2.24) is 0 Å². The van der Waals surface area contributed by atoms with E-state index in [4.69, 9.17) is 14.2 Å². The van der Waals surface area contributed by atoms with Crippen LogP contribution >= 0.6 is 0 Å². The minimum atomic E-state index is -4.10. The van der Waals surface area contributed by atoms with Gasteiger partial charge in [-0.1, -0.05) is 6.07 Å². The van der Waals surface area contributed by atoms with Crippen LogP contribution in [0.3, 0.4) is 0 Å². The van der Waals surface area contributed by atoms with Crippen LogP contribution in [0.2, 0.25) is 0 Å². The first kappa shape index (κ1) is 19.1. The number of nitrogens with one attached hydrogen (secondary N) is 1. The summed E-state index contributed by atoms with van der Waals surface area (Å²) in [6.07, 6.45) is 1.21. The van der Waals surface area contributed by atoms with Crippen LogP contribution in [0.4, 0.5) is 5.69 Å². The van der Waals surface area contributed by atoms with E-state index in [2.05, 4.69) is 4.72 Å². The van der Waals surface area contributed by atoms with Gasteiger partial charge in [0, 0.05) is 5.69 Å². The van der Waals surface area contributed by atoms with Gasteiger partial charge < -0.3 is 14.2 Å². The van der Waals surface area contributed by atoms with Crippen LogP contribution in [-0.4, -0.2) is 29.7 Å². The molecule has 0 bridgehead atoms. The molecule has 0 saturated heterocycles. The molecule has 136 valence electrons. The Kier molecular flexibility index (Phi) is 6.09. The topological polar surface area (TPSA) is 97.7 Å². The van der Waals surface area contributed by atoms with E-state index < -0.39 is 14.9 Å². The molecule has 0 saturated carbocycles. The van der Waals surface area contributed by atoms with Crippen molar-refractivity contribution in [2.24, 2.45) is 0 Å². The Balaban J connectivity index is 2.43. The van der Waals surface area contributed by atoms with Crippen molar-refractivity contribution in [3.63, 3.8) is 0 Å². The fourth-order valence-corrected chi connectivity index (χ4v) is 3.14.